The van der Waals surface area contributed by atoms with E-state index in [1.807, 2.05) is 39.0 Å². The maximum atomic E-state index is 12.7. The Labute approximate surface area is 116 Å². The van der Waals surface area contributed by atoms with E-state index in [1.165, 1.54) is 0 Å². The summed E-state index contributed by atoms with van der Waals surface area (Å²) >= 11 is 0. The standard InChI is InChI=1S/C15H16N4O/c1-9-6-5-7-12(10(9)2)19-8-16-13-11(3)17-18(4)14(13)15(19)20/h5-8H,1-4H3. The maximum absolute atomic E-state index is 12.7. The molecule has 0 fully saturated rings. The van der Waals surface area contributed by atoms with Gasteiger partial charge < -0.3 is 0 Å². The first-order valence-electron chi connectivity index (χ1n) is 6.48. The van der Waals surface area contributed by atoms with Gasteiger partial charge in [-0.3, -0.25) is 14.0 Å². The number of aryl methyl sites for hydroxylation is 3. The molecule has 0 saturated carbocycles. The highest BCUT2D eigenvalue weighted by Crippen LogP contribution is 2.17. The summed E-state index contributed by atoms with van der Waals surface area (Å²) in [6, 6.07) is 5.91. The molecule has 0 atom stereocenters. The van der Waals surface area contributed by atoms with Crippen LogP contribution in [0.15, 0.2) is 29.3 Å². The van der Waals surface area contributed by atoms with Gasteiger partial charge in [-0.1, -0.05) is 12.1 Å². The van der Waals surface area contributed by atoms with Crippen molar-refractivity contribution in [3.63, 3.8) is 0 Å². The number of nitrogens with zero attached hydrogens (tertiary/aromatic N) is 4. The van der Waals surface area contributed by atoms with Crippen molar-refractivity contribution in [1.29, 1.82) is 0 Å². The second kappa shape index (κ2) is 4.30. The SMILES string of the molecule is Cc1cccc(-n2cnc3c(C)nn(C)c3c2=O)c1C. The van der Waals surface area contributed by atoms with E-state index in [0.717, 1.165) is 22.5 Å². The molecule has 0 radical (unpaired) electrons. The number of hydrogen-bond acceptors (Lipinski definition) is 3. The van der Waals surface area contributed by atoms with Crippen LogP contribution in [0.4, 0.5) is 0 Å². The first-order valence-corrected chi connectivity index (χ1v) is 6.48. The van der Waals surface area contributed by atoms with Crippen LogP contribution in [0.25, 0.3) is 16.7 Å². The van der Waals surface area contributed by atoms with E-state index in [-0.39, 0.29) is 5.56 Å². The van der Waals surface area contributed by atoms with Gasteiger partial charge in [-0.05, 0) is 38.0 Å². The molecule has 102 valence electrons. The fourth-order valence-electron chi connectivity index (χ4n) is 2.49. The number of rotatable bonds is 1. The van der Waals surface area contributed by atoms with E-state index in [9.17, 15) is 4.79 Å². The molecular formula is C15H16N4O. The molecule has 0 N–H and O–H groups in total. The summed E-state index contributed by atoms with van der Waals surface area (Å²) < 4.78 is 3.19. The average Bonchev–Trinajstić information content (AvgIpc) is 2.70. The molecule has 3 aromatic rings. The van der Waals surface area contributed by atoms with E-state index in [4.69, 9.17) is 0 Å². The molecule has 0 unspecified atom stereocenters. The van der Waals surface area contributed by atoms with E-state index < -0.39 is 0 Å². The van der Waals surface area contributed by atoms with Gasteiger partial charge in [0, 0.05) is 7.05 Å². The Morgan fingerprint density at radius 2 is 1.90 bits per heavy atom. The fraction of sp³-hybridized carbons (Fsp3) is 0.267. The third-order valence-electron chi connectivity index (χ3n) is 3.75. The first-order chi connectivity index (χ1) is 9.50. The lowest BCUT2D eigenvalue weighted by atomic mass is 10.1. The van der Waals surface area contributed by atoms with E-state index in [0.29, 0.717) is 11.0 Å². The Morgan fingerprint density at radius 1 is 1.15 bits per heavy atom. The maximum Gasteiger partial charge on any atom is 0.284 e. The highest BCUT2D eigenvalue weighted by molar-refractivity contribution is 5.76. The van der Waals surface area contributed by atoms with Crippen LogP contribution in [0.1, 0.15) is 16.8 Å². The smallest absolute Gasteiger partial charge is 0.266 e. The zero-order valence-corrected chi connectivity index (χ0v) is 12.0. The monoisotopic (exact) mass is 268 g/mol. The normalized spacial score (nSPS) is 11.2. The molecule has 0 bridgehead atoms. The highest BCUT2D eigenvalue weighted by atomic mass is 16.1. The predicted molar refractivity (Wildman–Crippen MR) is 78.3 cm³/mol. The van der Waals surface area contributed by atoms with Gasteiger partial charge in [0.15, 0.2) is 5.52 Å². The number of fused-ring (bicyclic) bond motifs is 1. The van der Waals surface area contributed by atoms with Gasteiger partial charge in [-0.2, -0.15) is 5.10 Å². The van der Waals surface area contributed by atoms with E-state index >= 15 is 0 Å². The second-order valence-electron chi connectivity index (χ2n) is 5.04. The molecule has 0 aliphatic heterocycles. The van der Waals surface area contributed by atoms with Crippen LogP contribution in [-0.2, 0) is 7.05 Å². The zero-order chi connectivity index (χ0) is 14.4. The minimum Gasteiger partial charge on any atom is -0.266 e. The fourth-order valence-corrected chi connectivity index (χ4v) is 2.49. The zero-order valence-electron chi connectivity index (χ0n) is 12.0. The first kappa shape index (κ1) is 12.6. The quantitative estimate of drug-likeness (QED) is 0.678. The van der Waals surface area contributed by atoms with Gasteiger partial charge in [-0.15, -0.1) is 0 Å². The molecule has 1 aromatic carbocycles. The second-order valence-corrected chi connectivity index (χ2v) is 5.04. The average molecular weight is 268 g/mol. The molecule has 0 aliphatic carbocycles. The van der Waals surface area contributed by atoms with Crippen molar-refractivity contribution in [1.82, 2.24) is 19.3 Å². The Morgan fingerprint density at radius 3 is 2.65 bits per heavy atom. The summed E-state index contributed by atoms with van der Waals surface area (Å²) in [6.45, 7) is 5.90. The third kappa shape index (κ3) is 1.66. The molecular weight excluding hydrogens is 252 g/mol. The van der Waals surface area contributed by atoms with Crippen LogP contribution in [-0.4, -0.2) is 19.3 Å². The van der Waals surface area contributed by atoms with Crippen molar-refractivity contribution in [2.75, 3.05) is 0 Å². The summed E-state index contributed by atoms with van der Waals surface area (Å²) in [7, 11) is 1.77. The molecule has 5 nitrogen and oxygen atoms in total. The number of hydrogen-bond donors (Lipinski definition) is 0. The van der Waals surface area contributed by atoms with Crippen LogP contribution >= 0.6 is 0 Å². The van der Waals surface area contributed by atoms with Gasteiger partial charge >= 0.3 is 0 Å². The Bertz CT molecular complexity index is 873. The molecule has 0 amide bonds. The topological polar surface area (TPSA) is 52.7 Å². The Hall–Kier alpha value is -2.43. The van der Waals surface area contributed by atoms with E-state index in [2.05, 4.69) is 10.1 Å². The van der Waals surface area contributed by atoms with Crippen molar-refractivity contribution in [3.05, 3.63) is 51.7 Å². The highest BCUT2D eigenvalue weighted by Gasteiger charge is 2.14. The van der Waals surface area contributed by atoms with Gasteiger partial charge in [-0.25, -0.2) is 4.98 Å². The van der Waals surface area contributed by atoms with Gasteiger partial charge in [0.25, 0.3) is 5.56 Å². The molecule has 20 heavy (non-hydrogen) atoms. The van der Waals surface area contributed by atoms with Crippen molar-refractivity contribution in [2.45, 2.75) is 20.8 Å². The Kier molecular flexibility index (Phi) is 2.71. The van der Waals surface area contributed by atoms with Crippen LogP contribution in [0.3, 0.4) is 0 Å². The molecule has 2 aromatic heterocycles. The Balaban J connectivity index is 2.39. The minimum absolute atomic E-state index is 0.0909. The number of aromatic nitrogens is 4. The van der Waals surface area contributed by atoms with Crippen molar-refractivity contribution in [3.8, 4) is 5.69 Å². The van der Waals surface area contributed by atoms with Crippen LogP contribution in [0, 0.1) is 20.8 Å². The molecule has 0 aliphatic rings. The third-order valence-corrected chi connectivity index (χ3v) is 3.75. The van der Waals surface area contributed by atoms with Crippen molar-refractivity contribution < 1.29 is 0 Å². The largest absolute Gasteiger partial charge is 0.284 e. The van der Waals surface area contributed by atoms with Crippen LogP contribution < -0.4 is 5.56 Å². The summed E-state index contributed by atoms with van der Waals surface area (Å²) in [5, 5.41) is 4.27. The van der Waals surface area contributed by atoms with Crippen molar-refractivity contribution in [2.24, 2.45) is 7.05 Å². The van der Waals surface area contributed by atoms with Gasteiger partial charge in [0.2, 0.25) is 0 Å². The summed E-state index contributed by atoms with van der Waals surface area (Å²) in [5.41, 5.74) is 4.97. The number of benzene rings is 1. The molecule has 0 spiro atoms. The molecule has 5 heteroatoms. The van der Waals surface area contributed by atoms with Crippen molar-refractivity contribution >= 4 is 11.0 Å². The minimum atomic E-state index is -0.0909. The lowest BCUT2D eigenvalue weighted by Gasteiger charge is -2.10. The van der Waals surface area contributed by atoms with Gasteiger partial charge in [0.05, 0.1) is 11.4 Å². The lowest BCUT2D eigenvalue weighted by molar-refractivity contribution is 0.775. The molecule has 3 rings (SSSR count). The van der Waals surface area contributed by atoms with Crippen LogP contribution in [0.2, 0.25) is 0 Å². The molecule has 0 saturated heterocycles. The summed E-state index contributed by atoms with van der Waals surface area (Å²) in [4.78, 5) is 17.1. The van der Waals surface area contributed by atoms with Crippen LogP contribution in [0.5, 0.6) is 0 Å². The summed E-state index contributed by atoms with van der Waals surface area (Å²) in [5.74, 6) is 0. The summed E-state index contributed by atoms with van der Waals surface area (Å²) in [6.07, 6.45) is 1.58. The van der Waals surface area contributed by atoms with Gasteiger partial charge in [0.1, 0.15) is 11.8 Å². The molecule has 2 heterocycles. The van der Waals surface area contributed by atoms with E-state index in [1.54, 1.807) is 22.6 Å². The predicted octanol–water partition coefficient (Wildman–Crippen LogP) is 2.04. The lowest BCUT2D eigenvalue weighted by Crippen LogP contribution is -2.21.